The predicted molar refractivity (Wildman–Crippen MR) is 64.5 cm³/mol. The van der Waals surface area contributed by atoms with E-state index in [0.29, 0.717) is 12.0 Å². The molecule has 4 rings (SSSR count). The lowest BCUT2D eigenvalue weighted by molar-refractivity contribution is 0.539. The molecule has 0 spiro atoms. The number of rotatable bonds is 0. The summed E-state index contributed by atoms with van der Waals surface area (Å²) in [7, 11) is 0. The Morgan fingerprint density at radius 2 is 2.25 bits per heavy atom. The van der Waals surface area contributed by atoms with Crippen molar-refractivity contribution in [3.05, 3.63) is 23.5 Å². The van der Waals surface area contributed by atoms with Gasteiger partial charge in [0.25, 0.3) is 0 Å². The Morgan fingerprint density at radius 3 is 3.12 bits per heavy atom. The standard InChI is InChI=1S/C13H15N3/c1-7-4-10(14)12-11(5-7)16-9-3-2-8(6-9)13(16)15-12/h4-5,8-9H,2-3,6,14H2,1H3. The van der Waals surface area contributed by atoms with E-state index in [-0.39, 0.29) is 0 Å². The highest BCUT2D eigenvalue weighted by atomic mass is 15.2. The summed E-state index contributed by atoms with van der Waals surface area (Å²) < 4.78 is 2.44. The maximum atomic E-state index is 6.05. The van der Waals surface area contributed by atoms with Crippen molar-refractivity contribution in [2.45, 2.75) is 38.1 Å². The molecule has 2 bridgehead atoms. The average Bonchev–Trinajstić information content (AvgIpc) is 2.86. The minimum absolute atomic E-state index is 0.686. The van der Waals surface area contributed by atoms with E-state index < -0.39 is 0 Å². The Kier molecular flexibility index (Phi) is 1.40. The van der Waals surface area contributed by atoms with Crippen LogP contribution in [0.15, 0.2) is 12.1 Å². The third-order valence-electron chi connectivity index (χ3n) is 4.13. The largest absolute Gasteiger partial charge is 0.397 e. The third-order valence-corrected chi connectivity index (χ3v) is 4.13. The highest BCUT2D eigenvalue weighted by Crippen LogP contribution is 2.50. The monoisotopic (exact) mass is 213 g/mol. The molecular formula is C13H15N3. The first kappa shape index (κ1) is 8.62. The SMILES string of the molecule is Cc1cc(N)c2nc3n(c2c1)C1CCC3C1. The summed E-state index contributed by atoms with van der Waals surface area (Å²) in [6.07, 6.45) is 3.93. The molecule has 1 aliphatic carbocycles. The van der Waals surface area contributed by atoms with E-state index in [1.54, 1.807) is 0 Å². The molecule has 3 nitrogen and oxygen atoms in total. The molecule has 1 aromatic carbocycles. The minimum atomic E-state index is 0.686. The van der Waals surface area contributed by atoms with Gasteiger partial charge in [0.2, 0.25) is 0 Å². The van der Waals surface area contributed by atoms with Gasteiger partial charge in [0, 0.05) is 12.0 Å². The number of nitrogens with two attached hydrogens (primary N) is 1. The summed E-state index contributed by atoms with van der Waals surface area (Å²) in [6.45, 7) is 2.10. The van der Waals surface area contributed by atoms with E-state index in [1.807, 2.05) is 6.07 Å². The third kappa shape index (κ3) is 0.872. The van der Waals surface area contributed by atoms with Crippen LogP contribution in [0.25, 0.3) is 11.0 Å². The van der Waals surface area contributed by atoms with Crippen LogP contribution in [0.4, 0.5) is 5.69 Å². The fraction of sp³-hybridized carbons (Fsp3) is 0.462. The summed E-state index contributed by atoms with van der Waals surface area (Å²) in [6, 6.07) is 4.93. The van der Waals surface area contributed by atoms with Gasteiger partial charge in [-0.25, -0.2) is 4.98 Å². The van der Waals surface area contributed by atoms with Gasteiger partial charge in [0.05, 0.1) is 11.2 Å². The molecule has 2 aromatic rings. The van der Waals surface area contributed by atoms with Crippen LogP contribution < -0.4 is 5.73 Å². The predicted octanol–water partition coefficient (Wildman–Crippen LogP) is 2.75. The van der Waals surface area contributed by atoms with Crippen LogP contribution in [0.1, 0.15) is 42.6 Å². The summed E-state index contributed by atoms with van der Waals surface area (Å²) >= 11 is 0. The molecule has 1 saturated carbocycles. The molecule has 82 valence electrons. The van der Waals surface area contributed by atoms with Crippen molar-refractivity contribution < 1.29 is 0 Å². The number of hydrogen-bond donors (Lipinski definition) is 1. The molecule has 1 fully saturated rings. The van der Waals surface area contributed by atoms with Crippen molar-refractivity contribution >= 4 is 16.7 Å². The van der Waals surface area contributed by atoms with Gasteiger partial charge in [-0.3, -0.25) is 0 Å². The first-order chi connectivity index (χ1) is 7.74. The first-order valence-electron chi connectivity index (χ1n) is 6.02. The summed E-state index contributed by atoms with van der Waals surface area (Å²) in [5, 5.41) is 0. The van der Waals surface area contributed by atoms with Crippen molar-refractivity contribution in [3.63, 3.8) is 0 Å². The summed E-state index contributed by atoms with van der Waals surface area (Å²) in [5.74, 6) is 1.97. The lowest BCUT2D eigenvalue weighted by atomic mass is 10.1. The van der Waals surface area contributed by atoms with Crippen LogP contribution in [-0.4, -0.2) is 9.55 Å². The second-order valence-electron chi connectivity index (χ2n) is 5.23. The fourth-order valence-corrected chi connectivity index (χ4v) is 3.48. The number of anilines is 1. The van der Waals surface area contributed by atoms with Gasteiger partial charge in [-0.05, 0) is 43.9 Å². The number of nitrogen functional groups attached to an aromatic ring is 1. The second-order valence-corrected chi connectivity index (χ2v) is 5.23. The van der Waals surface area contributed by atoms with Crippen LogP contribution in [0.2, 0.25) is 0 Å². The van der Waals surface area contributed by atoms with Crippen molar-refractivity contribution in [2.75, 3.05) is 5.73 Å². The Labute approximate surface area is 94.3 Å². The van der Waals surface area contributed by atoms with Gasteiger partial charge in [0.1, 0.15) is 11.3 Å². The maximum Gasteiger partial charge on any atom is 0.113 e. The van der Waals surface area contributed by atoms with Crippen molar-refractivity contribution in [3.8, 4) is 0 Å². The van der Waals surface area contributed by atoms with Crippen LogP contribution in [0.5, 0.6) is 0 Å². The molecule has 2 heterocycles. The first-order valence-corrected chi connectivity index (χ1v) is 6.02. The molecule has 0 amide bonds. The molecule has 3 heteroatoms. The topological polar surface area (TPSA) is 43.8 Å². The molecular weight excluding hydrogens is 198 g/mol. The van der Waals surface area contributed by atoms with Gasteiger partial charge < -0.3 is 10.3 Å². The maximum absolute atomic E-state index is 6.05. The van der Waals surface area contributed by atoms with E-state index in [1.165, 1.54) is 36.2 Å². The molecule has 16 heavy (non-hydrogen) atoms. The normalized spacial score (nSPS) is 26.6. The number of aryl methyl sites for hydroxylation is 1. The van der Waals surface area contributed by atoms with Gasteiger partial charge in [0.15, 0.2) is 0 Å². The van der Waals surface area contributed by atoms with Gasteiger partial charge in [-0.1, -0.05) is 0 Å². The fourth-order valence-electron chi connectivity index (χ4n) is 3.48. The minimum Gasteiger partial charge on any atom is -0.397 e. The molecule has 0 saturated heterocycles. The highest BCUT2D eigenvalue weighted by Gasteiger charge is 2.39. The van der Waals surface area contributed by atoms with E-state index in [4.69, 9.17) is 10.7 Å². The zero-order valence-electron chi connectivity index (χ0n) is 9.40. The second kappa shape index (κ2) is 2.59. The van der Waals surface area contributed by atoms with Crippen LogP contribution in [0, 0.1) is 6.92 Å². The Balaban J connectivity index is 2.12. The van der Waals surface area contributed by atoms with E-state index >= 15 is 0 Å². The number of benzene rings is 1. The number of fused-ring (bicyclic) bond motifs is 7. The van der Waals surface area contributed by atoms with Crippen LogP contribution >= 0.6 is 0 Å². The molecule has 2 atom stereocenters. The number of imidazole rings is 1. The lowest BCUT2D eigenvalue weighted by Gasteiger charge is -2.14. The smallest absolute Gasteiger partial charge is 0.113 e. The number of aromatic nitrogens is 2. The Morgan fingerprint density at radius 1 is 1.38 bits per heavy atom. The van der Waals surface area contributed by atoms with Gasteiger partial charge >= 0.3 is 0 Å². The summed E-state index contributed by atoms with van der Waals surface area (Å²) in [4.78, 5) is 4.75. The van der Waals surface area contributed by atoms with Gasteiger partial charge in [-0.2, -0.15) is 0 Å². The average molecular weight is 213 g/mol. The zero-order valence-corrected chi connectivity index (χ0v) is 9.40. The highest BCUT2D eigenvalue weighted by molar-refractivity contribution is 5.89. The molecule has 0 radical (unpaired) electrons. The van der Waals surface area contributed by atoms with Crippen molar-refractivity contribution in [2.24, 2.45) is 0 Å². The van der Waals surface area contributed by atoms with E-state index in [2.05, 4.69) is 17.6 Å². The number of hydrogen-bond acceptors (Lipinski definition) is 2. The molecule has 1 aromatic heterocycles. The molecule has 1 aliphatic heterocycles. The molecule has 2 unspecified atom stereocenters. The van der Waals surface area contributed by atoms with Crippen LogP contribution in [-0.2, 0) is 0 Å². The van der Waals surface area contributed by atoms with E-state index in [9.17, 15) is 0 Å². The lowest BCUT2D eigenvalue weighted by Crippen LogP contribution is -2.05. The van der Waals surface area contributed by atoms with Crippen LogP contribution in [0.3, 0.4) is 0 Å². The molecule has 2 N–H and O–H groups in total. The van der Waals surface area contributed by atoms with E-state index in [0.717, 1.165) is 11.2 Å². The Bertz CT molecular complexity index is 597. The molecule has 2 aliphatic rings. The zero-order chi connectivity index (χ0) is 10.9. The van der Waals surface area contributed by atoms with Gasteiger partial charge in [-0.15, -0.1) is 0 Å². The number of nitrogens with zero attached hydrogens (tertiary/aromatic N) is 2. The Hall–Kier alpha value is -1.51. The summed E-state index contributed by atoms with van der Waals surface area (Å²) in [5.41, 5.74) is 10.4. The van der Waals surface area contributed by atoms with Crippen molar-refractivity contribution in [1.29, 1.82) is 0 Å². The quantitative estimate of drug-likeness (QED) is 0.684. The van der Waals surface area contributed by atoms with Crippen molar-refractivity contribution in [1.82, 2.24) is 9.55 Å².